The molecule has 0 aromatic carbocycles. The van der Waals surface area contributed by atoms with E-state index in [1.54, 1.807) is 6.26 Å². The average molecular weight is 206 g/mol. The van der Waals surface area contributed by atoms with Gasteiger partial charge in [-0.1, -0.05) is 6.92 Å². The molecule has 0 fully saturated rings. The van der Waals surface area contributed by atoms with Gasteiger partial charge in [-0.2, -0.15) is 5.10 Å². The molecule has 0 radical (unpaired) electrons. The van der Waals surface area contributed by atoms with Gasteiger partial charge in [-0.15, -0.1) is 0 Å². The second kappa shape index (κ2) is 4.75. The van der Waals surface area contributed by atoms with E-state index in [0.29, 0.717) is 6.54 Å². The van der Waals surface area contributed by atoms with Gasteiger partial charge in [0, 0.05) is 0 Å². The highest BCUT2D eigenvalue weighted by Gasteiger charge is 2.11. The smallest absolute Gasteiger partial charge is 0.138 e. The third kappa shape index (κ3) is 2.44. The molecule has 15 heavy (non-hydrogen) atoms. The molecule has 2 rings (SSSR count). The molecule has 2 heterocycles. The first-order chi connectivity index (χ1) is 7.40. The monoisotopic (exact) mass is 206 g/mol. The maximum Gasteiger partial charge on any atom is 0.138 e. The topological polar surface area (TPSA) is 66.7 Å². The lowest BCUT2D eigenvalue weighted by molar-refractivity contribution is 0.400. The quantitative estimate of drug-likeness (QED) is 0.780. The molecule has 2 N–H and O–H groups in total. The second-order valence-corrected chi connectivity index (χ2v) is 3.29. The van der Waals surface area contributed by atoms with Gasteiger partial charge in [-0.25, -0.2) is 4.98 Å². The van der Waals surface area contributed by atoms with Gasteiger partial charge in [-0.05, 0) is 18.6 Å². The van der Waals surface area contributed by atoms with Crippen molar-refractivity contribution in [2.75, 3.05) is 0 Å². The highest BCUT2D eigenvalue weighted by molar-refractivity contribution is 5.04. The highest BCUT2D eigenvalue weighted by atomic mass is 16.3. The van der Waals surface area contributed by atoms with Crippen molar-refractivity contribution in [3.8, 4) is 0 Å². The van der Waals surface area contributed by atoms with Crippen molar-refractivity contribution in [3.63, 3.8) is 0 Å². The zero-order valence-corrected chi connectivity index (χ0v) is 8.60. The third-order valence-electron chi connectivity index (χ3n) is 2.28. The van der Waals surface area contributed by atoms with E-state index in [4.69, 9.17) is 4.42 Å². The van der Waals surface area contributed by atoms with Crippen LogP contribution in [0.15, 0.2) is 29.1 Å². The molecule has 2 aromatic heterocycles. The first-order valence-corrected chi connectivity index (χ1v) is 5.01. The zero-order chi connectivity index (χ0) is 10.5. The van der Waals surface area contributed by atoms with Crippen LogP contribution in [0.5, 0.6) is 0 Å². The number of nitrogens with one attached hydrogen (secondary N) is 2. The van der Waals surface area contributed by atoms with Gasteiger partial charge in [0.05, 0.1) is 18.8 Å². The van der Waals surface area contributed by atoms with Crippen LogP contribution >= 0.6 is 0 Å². The minimum Gasteiger partial charge on any atom is -0.468 e. The van der Waals surface area contributed by atoms with Crippen LogP contribution in [0.3, 0.4) is 0 Å². The predicted octanol–water partition coefficient (Wildman–Crippen LogP) is 1.64. The van der Waals surface area contributed by atoms with Gasteiger partial charge in [0.1, 0.15) is 17.9 Å². The normalized spacial score (nSPS) is 12.9. The Labute approximate surface area is 87.9 Å². The summed E-state index contributed by atoms with van der Waals surface area (Å²) in [7, 11) is 0. The summed E-state index contributed by atoms with van der Waals surface area (Å²) >= 11 is 0. The average Bonchev–Trinajstić information content (AvgIpc) is 2.90. The first-order valence-electron chi connectivity index (χ1n) is 5.01. The molecule has 1 atom stereocenters. The SMILES string of the molecule is CCC(NCc1ncn[nH]1)c1ccco1. The van der Waals surface area contributed by atoms with Crippen LogP contribution in [-0.4, -0.2) is 15.2 Å². The molecule has 0 aliphatic heterocycles. The first kappa shape index (κ1) is 9.92. The molecule has 0 aliphatic rings. The van der Waals surface area contributed by atoms with Gasteiger partial charge in [0.15, 0.2) is 0 Å². The summed E-state index contributed by atoms with van der Waals surface area (Å²) in [6.45, 7) is 2.78. The molecule has 80 valence electrons. The lowest BCUT2D eigenvalue weighted by atomic mass is 10.2. The number of hydrogen-bond acceptors (Lipinski definition) is 4. The van der Waals surface area contributed by atoms with Crippen molar-refractivity contribution < 1.29 is 4.42 Å². The molecule has 2 aromatic rings. The summed E-state index contributed by atoms with van der Waals surface area (Å²) in [5.41, 5.74) is 0. The Morgan fingerprint density at radius 1 is 1.60 bits per heavy atom. The molecule has 0 saturated heterocycles. The van der Waals surface area contributed by atoms with Crippen molar-refractivity contribution in [2.24, 2.45) is 0 Å². The van der Waals surface area contributed by atoms with E-state index < -0.39 is 0 Å². The molecule has 0 saturated carbocycles. The summed E-state index contributed by atoms with van der Waals surface area (Å²) in [4.78, 5) is 4.04. The zero-order valence-electron chi connectivity index (χ0n) is 8.60. The minimum absolute atomic E-state index is 0.227. The van der Waals surface area contributed by atoms with E-state index in [9.17, 15) is 0 Å². The molecule has 0 aliphatic carbocycles. The van der Waals surface area contributed by atoms with Gasteiger partial charge >= 0.3 is 0 Å². The van der Waals surface area contributed by atoms with Crippen molar-refractivity contribution in [3.05, 3.63) is 36.3 Å². The van der Waals surface area contributed by atoms with Crippen molar-refractivity contribution in [1.29, 1.82) is 0 Å². The Balaban J connectivity index is 1.92. The van der Waals surface area contributed by atoms with E-state index in [2.05, 4.69) is 27.4 Å². The van der Waals surface area contributed by atoms with Crippen LogP contribution in [0, 0.1) is 0 Å². The van der Waals surface area contributed by atoms with Crippen molar-refractivity contribution in [1.82, 2.24) is 20.5 Å². The lowest BCUT2D eigenvalue weighted by Gasteiger charge is -2.12. The van der Waals surface area contributed by atoms with Crippen LogP contribution in [0.1, 0.15) is 31.0 Å². The van der Waals surface area contributed by atoms with Crippen LogP contribution in [0.4, 0.5) is 0 Å². The summed E-state index contributed by atoms with van der Waals surface area (Å²) < 4.78 is 5.35. The molecule has 5 heteroatoms. The Kier molecular flexibility index (Phi) is 3.14. The summed E-state index contributed by atoms with van der Waals surface area (Å²) in [5.74, 6) is 1.79. The molecular weight excluding hydrogens is 192 g/mol. The number of hydrogen-bond donors (Lipinski definition) is 2. The number of rotatable bonds is 5. The largest absolute Gasteiger partial charge is 0.468 e. The second-order valence-electron chi connectivity index (χ2n) is 3.29. The third-order valence-corrected chi connectivity index (χ3v) is 2.28. The minimum atomic E-state index is 0.227. The van der Waals surface area contributed by atoms with Gasteiger partial charge < -0.3 is 9.73 Å². The maximum atomic E-state index is 5.35. The van der Waals surface area contributed by atoms with E-state index in [1.807, 2.05) is 12.1 Å². The molecule has 1 unspecified atom stereocenters. The fourth-order valence-corrected chi connectivity index (χ4v) is 1.47. The van der Waals surface area contributed by atoms with Crippen LogP contribution in [0.25, 0.3) is 0 Å². The number of H-pyrrole nitrogens is 1. The van der Waals surface area contributed by atoms with Crippen LogP contribution in [0.2, 0.25) is 0 Å². The molecular formula is C10H14N4O. The number of furan rings is 1. The maximum absolute atomic E-state index is 5.35. The molecule has 5 nitrogen and oxygen atoms in total. The van der Waals surface area contributed by atoms with Gasteiger partial charge in [-0.3, -0.25) is 5.10 Å². The van der Waals surface area contributed by atoms with Gasteiger partial charge in [0.2, 0.25) is 0 Å². The standard InChI is InChI=1S/C10H14N4O/c1-2-8(9-4-3-5-15-9)11-6-10-12-7-13-14-10/h3-5,7-8,11H,2,6H2,1H3,(H,12,13,14). The van der Waals surface area contributed by atoms with Crippen molar-refractivity contribution >= 4 is 0 Å². The summed E-state index contributed by atoms with van der Waals surface area (Å²) in [5, 5.41) is 9.94. The molecule has 0 spiro atoms. The summed E-state index contributed by atoms with van der Waals surface area (Å²) in [6.07, 6.45) is 4.17. The molecule has 0 bridgehead atoms. The number of aromatic nitrogens is 3. The van der Waals surface area contributed by atoms with E-state index in [1.165, 1.54) is 6.33 Å². The Bertz CT molecular complexity index is 368. The Morgan fingerprint density at radius 2 is 2.53 bits per heavy atom. The lowest BCUT2D eigenvalue weighted by Crippen LogP contribution is -2.20. The van der Waals surface area contributed by atoms with Crippen LogP contribution < -0.4 is 5.32 Å². The Morgan fingerprint density at radius 3 is 3.13 bits per heavy atom. The van der Waals surface area contributed by atoms with Crippen LogP contribution in [-0.2, 0) is 6.54 Å². The van der Waals surface area contributed by atoms with E-state index >= 15 is 0 Å². The summed E-state index contributed by atoms with van der Waals surface area (Å²) in [6, 6.07) is 4.10. The van der Waals surface area contributed by atoms with E-state index in [0.717, 1.165) is 18.0 Å². The highest BCUT2D eigenvalue weighted by Crippen LogP contribution is 2.16. The fourth-order valence-electron chi connectivity index (χ4n) is 1.47. The molecule has 0 amide bonds. The number of aromatic amines is 1. The van der Waals surface area contributed by atoms with Gasteiger partial charge in [0.25, 0.3) is 0 Å². The van der Waals surface area contributed by atoms with Crippen molar-refractivity contribution in [2.45, 2.75) is 25.9 Å². The Hall–Kier alpha value is -1.62. The van der Waals surface area contributed by atoms with E-state index in [-0.39, 0.29) is 6.04 Å². The number of nitrogens with zero attached hydrogens (tertiary/aromatic N) is 2. The predicted molar refractivity (Wildman–Crippen MR) is 55.0 cm³/mol. The fraction of sp³-hybridized carbons (Fsp3) is 0.400.